The number of nitriles is 1. The highest BCUT2D eigenvalue weighted by Crippen LogP contribution is 2.20. The number of amides is 1. The van der Waals surface area contributed by atoms with Crippen LogP contribution in [-0.2, 0) is 0 Å². The molecule has 2 N–H and O–H groups in total. The van der Waals surface area contributed by atoms with Crippen LogP contribution in [0, 0.1) is 23.1 Å². The minimum Gasteiger partial charge on any atom is -0.390 e. The van der Waals surface area contributed by atoms with E-state index in [0.29, 0.717) is 30.8 Å². The van der Waals surface area contributed by atoms with E-state index in [1.807, 2.05) is 0 Å². The summed E-state index contributed by atoms with van der Waals surface area (Å²) in [6.45, 7) is 2.82. The summed E-state index contributed by atoms with van der Waals surface area (Å²) < 4.78 is 18.1. The molecule has 0 saturated carbocycles. The monoisotopic (exact) mass is 400 g/mol. The first-order valence-corrected chi connectivity index (χ1v) is 9.87. The fourth-order valence-electron chi connectivity index (χ4n) is 3.41. The van der Waals surface area contributed by atoms with Crippen molar-refractivity contribution in [2.45, 2.75) is 31.8 Å². The number of halogens is 1. The number of hydrogen-bond acceptors (Lipinski definition) is 6. The van der Waals surface area contributed by atoms with E-state index in [1.165, 1.54) is 12.1 Å². The third-order valence-corrected chi connectivity index (χ3v) is 5.14. The number of likely N-dealkylation sites (tertiary alicyclic amines) is 1. The van der Waals surface area contributed by atoms with E-state index in [2.05, 4.69) is 21.4 Å². The number of nitrogens with one attached hydrogen (secondary N) is 1. The number of aromatic nitrogens is 1. The second-order valence-electron chi connectivity index (χ2n) is 7.29. The Morgan fingerprint density at radius 2 is 2.14 bits per heavy atom. The van der Waals surface area contributed by atoms with Gasteiger partial charge in [0.15, 0.2) is 11.5 Å². The van der Waals surface area contributed by atoms with Crippen LogP contribution in [0.5, 0.6) is 0 Å². The molecule has 2 aromatic rings. The van der Waals surface area contributed by atoms with E-state index in [0.717, 1.165) is 32.4 Å². The van der Waals surface area contributed by atoms with Gasteiger partial charge in [-0.1, -0.05) is 11.6 Å². The van der Waals surface area contributed by atoms with Gasteiger partial charge in [0.25, 0.3) is 5.91 Å². The van der Waals surface area contributed by atoms with Gasteiger partial charge in [0.05, 0.1) is 18.1 Å². The fourth-order valence-corrected chi connectivity index (χ4v) is 3.41. The van der Waals surface area contributed by atoms with Gasteiger partial charge >= 0.3 is 0 Å². The molecule has 7 nitrogen and oxygen atoms in total. The Morgan fingerprint density at radius 1 is 1.34 bits per heavy atom. The van der Waals surface area contributed by atoms with Crippen LogP contribution in [0.25, 0.3) is 11.3 Å². The van der Waals surface area contributed by atoms with Crippen LogP contribution >= 0.6 is 0 Å². The molecule has 1 aliphatic rings. The first-order valence-electron chi connectivity index (χ1n) is 9.87. The van der Waals surface area contributed by atoms with E-state index in [9.17, 15) is 14.3 Å². The molecule has 1 saturated heterocycles. The van der Waals surface area contributed by atoms with Gasteiger partial charge in [-0.2, -0.15) is 5.26 Å². The van der Waals surface area contributed by atoms with Crippen molar-refractivity contribution in [2.75, 3.05) is 26.2 Å². The van der Waals surface area contributed by atoms with Gasteiger partial charge in [-0.25, -0.2) is 4.39 Å². The van der Waals surface area contributed by atoms with Gasteiger partial charge in [0.2, 0.25) is 0 Å². The van der Waals surface area contributed by atoms with E-state index in [4.69, 9.17) is 9.78 Å². The largest absolute Gasteiger partial charge is 0.390 e. The molecule has 0 radical (unpaired) electrons. The van der Waals surface area contributed by atoms with Crippen molar-refractivity contribution in [3.05, 3.63) is 41.8 Å². The molecule has 154 valence electrons. The SMILES string of the molecule is N#C[C@H]1CCN(CCCCCNC(=O)c2cc(-c3ccc(F)cc3)on2)C[C@H]1O. The predicted octanol–water partition coefficient (Wildman–Crippen LogP) is 2.59. The van der Waals surface area contributed by atoms with E-state index in [1.54, 1.807) is 18.2 Å². The van der Waals surface area contributed by atoms with Gasteiger partial charge < -0.3 is 19.8 Å². The normalized spacial score (nSPS) is 19.6. The molecule has 2 heterocycles. The second kappa shape index (κ2) is 10.1. The first kappa shape index (κ1) is 21.0. The Kier molecular flexibility index (Phi) is 7.33. The Balaban J connectivity index is 1.32. The Bertz CT molecular complexity index is 846. The smallest absolute Gasteiger partial charge is 0.273 e. The number of carbonyl (C=O) groups excluding carboxylic acids is 1. The molecule has 1 fully saturated rings. The molecule has 8 heteroatoms. The topological polar surface area (TPSA) is 102 Å². The molecule has 0 bridgehead atoms. The number of hydrogen-bond donors (Lipinski definition) is 2. The van der Waals surface area contributed by atoms with E-state index >= 15 is 0 Å². The molecule has 1 amide bonds. The third-order valence-electron chi connectivity index (χ3n) is 5.14. The molecular formula is C21H25FN4O3. The summed E-state index contributed by atoms with van der Waals surface area (Å²) in [5, 5.41) is 25.4. The van der Waals surface area contributed by atoms with Crippen LogP contribution in [0.15, 0.2) is 34.9 Å². The van der Waals surface area contributed by atoms with Crippen LogP contribution in [0.1, 0.15) is 36.2 Å². The summed E-state index contributed by atoms with van der Waals surface area (Å²) in [4.78, 5) is 14.3. The fraction of sp³-hybridized carbons (Fsp3) is 0.476. The van der Waals surface area contributed by atoms with Gasteiger partial charge in [0, 0.05) is 24.7 Å². The highest BCUT2D eigenvalue weighted by molar-refractivity contribution is 5.93. The zero-order valence-electron chi connectivity index (χ0n) is 16.2. The maximum absolute atomic E-state index is 13.0. The van der Waals surface area contributed by atoms with Crippen molar-refractivity contribution in [1.82, 2.24) is 15.4 Å². The maximum atomic E-state index is 13.0. The van der Waals surface area contributed by atoms with Crippen molar-refractivity contribution in [2.24, 2.45) is 5.92 Å². The Hall–Kier alpha value is -2.76. The number of nitrogens with zero attached hydrogens (tertiary/aromatic N) is 3. The van der Waals surface area contributed by atoms with Gasteiger partial charge in [-0.05, 0) is 56.6 Å². The van der Waals surface area contributed by atoms with Crippen molar-refractivity contribution in [3.63, 3.8) is 0 Å². The number of rotatable bonds is 8. The number of benzene rings is 1. The number of aliphatic hydroxyl groups is 1. The van der Waals surface area contributed by atoms with Gasteiger partial charge in [0.1, 0.15) is 5.82 Å². The predicted molar refractivity (Wildman–Crippen MR) is 104 cm³/mol. The average Bonchev–Trinajstić information content (AvgIpc) is 3.21. The summed E-state index contributed by atoms with van der Waals surface area (Å²) in [5.74, 6) is -0.475. The van der Waals surface area contributed by atoms with Crippen LogP contribution in [0.3, 0.4) is 0 Å². The highest BCUT2D eigenvalue weighted by atomic mass is 19.1. The quantitative estimate of drug-likeness (QED) is 0.661. The molecule has 1 aliphatic heterocycles. The zero-order chi connectivity index (χ0) is 20.6. The van der Waals surface area contributed by atoms with Crippen LogP contribution < -0.4 is 5.32 Å². The summed E-state index contributed by atoms with van der Waals surface area (Å²) in [7, 11) is 0. The minimum atomic E-state index is -0.560. The third kappa shape index (κ3) is 5.86. The zero-order valence-corrected chi connectivity index (χ0v) is 16.2. The number of carbonyl (C=O) groups is 1. The molecule has 2 atom stereocenters. The summed E-state index contributed by atoms with van der Waals surface area (Å²) in [6.07, 6.45) is 2.92. The van der Waals surface area contributed by atoms with Crippen molar-refractivity contribution in [1.29, 1.82) is 5.26 Å². The van der Waals surface area contributed by atoms with Crippen LogP contribution in [0.4, 0.5) is 4.39 Å². The summed E-state index contributed by atoms with van der Waals surface area (Å²) >= 11 is 0. The van der Waals surface area contributed by atoms with Crippen molar-refractivity contribution >= 4 is 5.91 Å². The number of unbranched alkanes of at least 4 members (excludes halogenated alkanes) is 2. The van der Waals surface area contributed by atoms with Gasteiger partial charge in [-0.15, -0.1) is 0 Å². The average molecular weight is 400 g/mol. The molecule has 1 aromatic heterocycles. The number of aliphatic hydroxyl groups excluding tert-OH is 1. The maximum Gasteiger partial charge on any atom is 0.273 e. The Morgan fingerprint density at radius 3 is 2.86 bits per heavy atom. The van der Waals surface area contributed by atoms with Crippen molar-refractivity contribution < 1.29 is 18.8 Å². The lowest BCUT2D eigenvalue weighted by Gasteiger charge is -2.32. The minimum absolute atomic E-state index is 0.193. The number of piperidine rings is 1. The molecular weight excluding hydrogens is 375 g/mol. The lowest BCUT2D eigenvalue weighted by Crippen LogP contribution is -2.43. The molecule has 29 heavy (non-hydrogen) atoms. The number of β-amino-alcohol motifs (C(OH)–C–C–N with tert-alkyl or cyclic N) is 1. The molecule has 0 unspecified atom stereocenters. The van der Waals surface area contributed by atoms with Crippen molar-refractivity contribution in [3.8, 4) is 17.4 Å². The first-order chi connectivity index (χ1) is 14.1. The molecule has 3 rings (SSSR count). The van der Waals surface area contributed by atoms with E-state index < -0.39 is 6.10 Å². The van der Waals surface area contributed by atoms with E-state index in [-0.39, 0.29) is 23.3 Å². The second-order valence-corrected chi connectivity index (χ2v) is 7.29. The lowest BCUT2D eigenvalue weighted by molar-refractivity contribution is 0.0421. The molecule has 0 aliphatic carbocycles. The lowest BCUT2D eigenvalue weighted by atomic mass is 9.95. The highest BCUT2D eigenvalue weighted by Gasteiger charge is 2.26. The molecule has 0 spiro atoms. The standard InChI is InChI=1S/C21H25FN4O3/c22-17-6-4-15(5-7-17)20-12-18(25-29-20)21(28)24-9-2-1-3-10-26-11-8-16(13-23)19(27)14-26/h4-7,12,16,19,27H,1-3,8-11,14H2,(H,24,28)/t16-,19-/m1/s1. The Labute approximate surface area is 169 Å². The molecule has 1 aromatic carbocycles. The van der Waals surface area contributed by atoms with Crippen LogP contribution in [0.2, 0.25) is 0 Å². The summed E-state index contributed by atoms with van der Waals surface area (Å²) in [6, 6.07) is 9.48. The van der Waals surface area contributed by atoms with Gasteiger partial charge in [-0.3, -0.25) is 4.79 Å². The summed E-state index contributed by atoms with van der Waals surface area (Å²) in [5.41, 5.74) is 0.848. The van der Waals surface area contributed by atoms with Crippen LogP contribution in [-0.4, -0.2) is 53.4 Å².